The van der Waals surface area contributed by atoms with Crippen LogP contribution in [0.3, 0.4) is 0 Å². The van der Waals surface area contributed by atoms with Crippen LogP contribution in [-0.2, 0) is 15.3 Å². The molecule has 0 aliphatic heterocycles. The average molecular weight is 192 g/mol. The molecule has 1 rings (SSSR count). The fraction of sp³-hybridized carbons (Fsp3) is 0.600. The van der Waals surface area contributed by atoms with Crippen LogP contribution in [0.15, 0.2) is 4.34 Å². The van der Waals surface area contributed by atoms with E-state index in [9.17, 15) is 4.21 Å². The lowest BCUT2D eigenvalue weighted by molar-refractivity contribution is 0.371. The summed E-state index contributed by atoms with van der Waals surface area (Å²) in [6, 6.07) is 0. The van der Waals surface area contributed by atoms with Crippen molar-refractivity contribution in [3.05, 3.63) is 5.82 Å². The zero-order valence-electron chi connectivity index (χ0n) is 6.23. The highest BCUT2D eigenvalue weighted by Gasteiger charge is 2.08. The molecule has 0 N–H and O–H groups in total. The number of aromatic nitrogens is 2. The molecule has 0 fully saturated rings. The Morgan fingerprint density at radius 2 is 2.45 bits per heavy atom. The maximum absolute atomic E-state index is 11.1. The molecule has 0 bridgehead atoms. The molecule has 0 saturated heterocycles. The molecule has 1 heterocycles. The van der Waals surface area contributed by atoms with E-state index in [4.69, 9.17) is 4.18 Å². The van der Waals surface area contributed by atoms with Gasteiger partial charge in [-0.1, -0.05) is 0 Å². The standard InChI is InChI=1S/C5H8N2O2S2/c1-3-9-11(8)5-6-4(2)7-10-5/h3H2,1-2H3. The van der Waals surface area contributed by atoms with Crippen LogP contribution in [0.25, 0.3) is 0 Å². The summed E-state index contributed by atoms with van der Waals surface area (Å²) in [5, 5.41) is 0. The molecule has 0 aliphatic carbocycles. The summed E-state index contributed by atoms with van der Waals surface area (Å²) >= 11 is -0.306. The lowest BCUT2D eigenvalue weighted by atomic mass is 10.8. The molecule has 6 heteroatoms. The Labute approximate surface area is 71.4 Å². The van der Waals surface area contributed by atoms with Crippen LogP contribution in [0.5, 0.6) is 0 Å². The van der Waals surface area contributed by atoms with Gasteiger partial charge in [0.05, 0.1) is 6.61 Å². The molecule has 0 saturated carbocycles. The van der Waals surface area contributed by atoms with Gasteiger partial charge in [0, 0.05) is 0 Å². The molecule has 1 aromatic heterocycles. The second-order valence-corrected chi connectivity index (χ2v) is 3.85. The highest BCUT2D eigenvalue weighted by atomic mass is 32.2. The van der Waals surface area contributed by atoms with Crippen LogP contribution in [0.2, 0.25) is 0 Å². The normalized spacial score (nSPS) is 13.3. The van der Waals surface area contributed by atoms with E-state index in [0.717, 1.165) is 11.5 Å². The number of rotatable bonds is 3. The van der Waals surface area contributed by atoms with Gasteiger partial charge in [-0.25, -0.2) is 9.19 Å². The van der Waals surface area contributed by atoms with Gasteiger partial charge in [-0.15, -0.1) is 0 Å². The van der Waals surface area contributed by atoms with Crippen molar-refractivity contribution in [1.82, 2.24) is 9.36 Å². The third-order valence-electron chi connectivity index (χ3n) is 0.876. The van der Waals surface area contributed by atoms with Crippen LogP contribution in [0.4, 0.5) is 0 Å². The van der Waals surface area contributed by atoms with E-state index in [-0.39, 0.29) is 0 Å². The third kappa shape index (κ3) is 2.32. The predicted molar refractivity (Wildman–Crippen MR) is 42.7 cm³/mol. The molecule has 1 unspecified atom stereocenters. The first-order valence-electron chi connectivity index (χ1n) is 3.09. The number of aryl methyl sites for hydroxylation is 1. The van der Waals surface area contributed by atoms with Gasteiger partial charge in [-0.2, -0.15) is 4.37 Å². The van der Waals surface area contributed by atoms with Gasteiger partial charge in [-0.3, -0.25) is 4.18 Å². The quantitative estimate of drug-likeness (QED) is 0.714. The molecule has 0 aromatic carbocycles. The first-order chi connectivity index (χ1) is 5.24. The minimum Gasteiger partial charge on any atom is -0.285 e. The summed E-state index contributed by atoms with van der Waals surface area (Å²) in [6.07, 6.45) is 0. The van der Waals surface area contributed by atoms with Crippen LogP contribution < -0.4 is 0 Å². The van der Waals surface area contributed by atoms with E-state index in [1.54, 1.807) is 13.8 Å². The van der Waals surface area contributed by atoms with Crippen molar-refractivity contribution in [3.63, 3.8) is 0 Å². The zero-order valence-corrected chi connectivity index (χ0v) is 7.87. The van der Waals surface area contributed by atoms with E-state index in [1.165, 1.54) is 0 Å². The van der Waals surface area contributed by atoms with Crippen molar-refractivity contribution in [3.8, 4) is 0 Å². The summed E-state index contributed by atoms with van der Waals surface area (Å²) in [5.41, 5.74) is 0. The Kier molecular flexibility index (Phi) is 3.10. The lowest BCUT2D eigenvalue weighted by Crippen LogP contribution is -1.96. The van der Waals surface area contributed by atoms with Gasteiger partial charge in [0.15, 0.2) is 0 Å². The molecule has 1 aromatic rings. The number of nitrogens with zero attached hydrogens (tertiary/aromatic N) is 2. The Morgan fingerprint density at radius 1 is 1.73 bits per heavy atom. The highest BCUT2D eigenvalue weighted by molar-refractivity contribution is 7.82. The average Bonchev–Trinajstić information content (AvgIpc) is 2.36. The van der Waals surface area contributed by atoms with Crippen molar-refractivity contribution in [2.45, 2.75) is 18.2 Å². The molecule has 1 atom stereocenters. The topological polar surface area (TPSA) is 52.1 Å². The monoisotopic (exact) mass is 192 g/mol. The van der Waals surface area contributed by atoms with Crippen molar-refractivity contribution in [1.29, 1.82) is 0 Å². The van der Waals surface area contributed by atoms with Crippen molar-refractivity contribution < 1.29 is 8.39 Å². The maximum atomic E-state index is 11.1. The van der Waals surface area contributed by atoms with Gasteiger partial charge in [0.2, 0.25) is 15.4 Å². The van der Waals surface area contributed by atoms with Crippen LogP contribution >= 0.6 is 11.5 Å². The molecule has 11 heavy (non-hydrogen) atoms. The van der Waals surface area contributed by atoms with E-state index in [2.05, 4.69) is 9.36 Å². The largest absolute Gasteiger partial charge is 0.285 e. The van der Waals surface area contributed by atoms with Gasteiger partial charge in [0.25, 0.3) is 0 Å². The number of hydrogen-bond acceptors (Lipinski definition) is 5. The maximum Gasteiger partial charge on any atom is 0.228 e. The van der Waals surface area contributed by atoms with Crippen LogP contribution in [-0.4, -0.2) is 20.2 Å². The summed E-state index contributed by atoms with van der Waals surface area (Å²) < 4.78 is 20.2. The first-order valence-corrected chi connectivity index (χ1v) is 4.94. The van der Waals surface area contributed by atoms with E-state index < -0.39 is 11.1 Å². The van der Waals surface area contributed by atoms with E-state index in [1.807, 2.05) is 0 Å². The molecular weight excluding hydrogens is 184 g/mol. The van der Waals surface area contributed by atoms with E-state index >= 15 is 0 Å². The molecule has 4 nitrogen and oxygen atoms in total. The molecular formula is C5H8N2O2S2. The summed E-state index contributed by atoms with van der Waals surface area (Å²) in [6.45, 7) is 3.96. The van der Waals surface area contributed by atoms with Crippen LogP contribution in [0, 0.1) is 6.92 Å². The SMILES string of the molecule is CCOS(=O)c1nc(C)ns1. The van der Waals surface area contributed by atoms with Gasteiger partial charge < -0.3 is 0 Å². The second kappa shape index (κ2) is 3.89. The fourth-order valence-corrected chi connectivity index (χ4v) is 1.95. The smallest absolute Gasteiger partial charge is 0.228 e. The number of hydrogen-bond donors (Lipinski definition) is 0. The highest BCUT2D eigenvalue weighted by Crippen LogP contribution is 2.09. The Morgan fingerprint density at radius 3 is 2.91 bits per heavy atom. The Hall–Kier alpha value is -0.330. The van der Waals surface area contributed by atoms with Gasteiger partial charge in [0.1, 0.15) is 5.82 Å². The zero-order chi connectivity index (χ0) is 8.27. The van der Waals surface area contributed by atoms with E-state index in [0.29, 0.717) is 16.8 Å². The Balaban J connectivity index is 2.69. The third-order valence-corrected chi connectivity index (χ3v) is 2.94. The van der Waals surface area contributed by atoms with Gasteiger partial charge >= 0.3 is 0 Å². The van der Waals surface area contributed by atoms with Crippen molar-refractivity contribution in [2.75, 3.05) is 6.61 Å². The van der Waals surface area contributed by atoms with Crippen LogP contribution in [0.1, 0.15) is 12.7 Å². The molecule has 0 amide bonds. The summed E-state index contributed by atoms with van der Waals surface area (Å²) in [5.74, 6) is 0.637. The Bertz CT molecular complexity index is 261. The lowest BCUT2D eigenvalue weighted by Gasteiger charge is -1.92. The first kappa shape index (κ1) is 8.76. The second-order valence-electron chi connectivity index (χ2n) is 1.75. The minimum atomic E-state index is -1.42. The fourth-order valence-electron chi connectivity index (χ4n) is 0.503. The predicted octanol–water partition coefficient (Wildman–Crippen LogP) is 0.906. The summed E-state index contributed by atoms with van der Waals surface area (Å²) in [4.78, 5) is 3.91. The molecule has 62 valence electrons. The molecule has 0 radical (unpaired) electrons. The molecule has 0 spiro atoms. The van der Waals surface area contributed by atoms with Gasteiger partial charge in [-0.05, 0) is 25.4 Å². The minimum absolute atomic E-state index is 0.422. The molecule has 0 aliphatic rings. The van der Waals surface area contributed by atoms with Crippen molar-refractivity contribution in [2.24, 2.45) is 0 Å². The van der Waals surface area contributed by atoms with Crippen molar-refractivity contribution >= 4 is 22.6 Å². The summed E-state index contributed by atoms with van der Waals surface area (Å²) in [7, 11) is 0.